The highest BCUT2D eigenvalue weighted by molar-refractivity contribution is 5.54. The third-order valence-corrected chi connectivity index (χ3v) is 1.67. The van der Waals surface area contributed by atoms with Crippen LogP contribution in [-0.2, 0) is 0 Å². The molecule has 0 saturated heterocycles. The van der Waals surface area contributed by atoms with Gasteiger partial charge in [0.2, 0.25) is 0 Å². The summed E-state index contributed by atoms with van der Waals surface area (Å²) in [6.45, 7) is 8.56. The predicted octanol–water partition coefficient (Wildman–Crippen LogP) is 2.98. The summed E-state index contributed by atoms with van der Waals surface area (Å²) in [5, 5.41) is 0. The Hall–Kier alpha value is -1.75. The first-order chi connectivity index (χ1) is 6.26. The fourth-order valence-corrected chi connectivity index (χ4v) is 0.974. The van der Waals surface area contributed by atoms with E-state index in [-0.39, 0.29) is 0 Å². The highest BCUT2D eigenvalue weighted by Crippen LogP contribution is 2.13. The molecule has 13 heavy (non-hydrogen) atoms. The zero-order valence-electron chi connectivity index (χ0n) is 7.74. The van der Waals surface area contributed by atoms with Crippen LogP contribution in [-0.4, -0.2) is 7.11 Å². The van der Waals surface area contributed by atoms with Crippen molar-refractivity contribution in [3.05, 3.63) is 46.9 Å². The Balaban J connectivity index is 2.88. The number of rotatable bonds is 2. The summed E-state index contributed by atoms with van der Waals surface area (Å²) in [4.78, 5) is 3.31. The molecule has 1 rings (SSSR count). The number of benzene rings is 1. The van der Waals surface area contributed by atoms with E-state index in [9.17, 15) is 0 Å². The highest BCUT2D eigenvalue weighted by Gasteiger charge is 1.91. The fraction of sp³-hybridized carbons (Fsp3) is 0.182. The van der Waals surface area contributed by atoms with E-state index in [4.69, 9.17) is 11.3 Å². The third-order valence-electron chi connectivity index (χ3n) is 1.67. The average molecular weight is 173 g/mol. The molecule has 1 aromatic carbocycles. The summed E-state index contributed by atoms with van der Waals surface area (Å²) in [5.41, 5.74) is 1.71. The highest BCUT2D eigenvalue weighted by atomic mass is 16.5. The molecule has 0 unspecified atom stereocenters. The van der Waals surface area contributed by atoms with Crippen LogP contribution in [0.3, 0.4) is 0 Å². The second-order valence-corrected chi connectivity index (χ2v) is 2.67. The monoisotopic (exact) mass is 173 g/mol. The normalized spacial score (nSPS) is 10.7. The Morgan fingerprint density at radius 3 is 2.46 bits per heavy atom. The smallest absolute Gasteiger partial charge is 0.163 e. The summed E-state index contributed by atoms with van der Waals surface area (Å²) < 4.78 is 5.02. The van der Waals surface area contributed by atoms with Gasteiger partial charge in [0, 0.05) is 0 Å². The van der Waals surface area contributed by atoms with Crippen LogP contribution in [0.4, 0.5) is 0 Å². The lowest BCUT2D eigenvalue weighted by Gasteiger charge is -1.99. The quantitative estimate of drug-likeness (QED) is 0.627. The molecule has 0 N–H and O–H groups in total. The van der Waals surface area contributed by atoms with E-state index >= 15 is 0 Å². The summed E-state index contributed by atoms with van der Waals surface area (Å²) >= 11 is 0. The van der Waals surface area contributed by atoms with Crippen molar-refractivity contribution in [3.63, 3.8) is 0 Å². The van der Waals surface area contributed by atoms with Gasteiger partial charge < -0.3 is 4.74 Å². The molecule has 1 aromatic rings. The summed E-state index contributed by atoms with van der Waals surface area (Å²) in [6, 6.07) is 7.60. The molecule has 0 aliphatic carbocycles. The second-order valence-electron chi connectivity index (χ2n) is 2.67. The maximum atomic E-state index is 6.77. The topological polar surface area (TPSA) is 13.6 Å². The Bertz CT molecular complexity index is 343. The lowest BCUT2D eigenvalue weighted by Crippen LogP contribution is -1.81. The molecule has 0 atom stereocenters. The van der Waals surface area contributed by atoms with E-state index in [0.29, 0.717) is 5.70 Å². The van der Waals surface area contributed by atoms with Crippen molar-refractivity contribution < 1.29 is 4.74 Å². The number of methoxy groups -OCH3 is 1. The molecule has 0 spiro atoms. The molecular weight excluding hydrogens is 162 g/mol. The van der Waals surface area contributed by atoms with Crippen LogP contribution in [0, 0.1) is 6.57 Å². The van der Waals surface area contributed by atoms with Gasteiger partial charge in [-0.25, -0.2) is 4.85 Å². The number of ether oxygens (including phenoxy) is 1. The molecular formula is C11H11NO. The molecule has 0 bridgehead atoms. The molecule has 0 aliphatic heterocycles. The van der Waals surface area contributed by atoms with Crippen molar-refractivity contribution in [3.8, 4) is 5.75 Å². The van der Waals surface area contributed by atoms with Gasteiger partial charge >= 0.3 is 0 Å². The molecule has 0 aliphatic rings. The minimum Gasteiger partial charge on any atom is -0.497 e. The van der Waals surface area contributed by atoms with Crippen molar-refractivity contribution in [2.75, 3.05) is 7.11 Å². The van der Waals surface area contributed by atoms with E-state index < -0.39 is 0 Å². The zero-order valence-corrected chi connectivity index (χ0v) is 7.74. The maximum absolute atomic E-state index is 6.77. The fourth-order valence-electron chi connectivity index (χ4n) is 0.974. The van der Waals surface area contributed by atoms with Crippen molar-refractivity contribution in [2.24, 2.45) is 0 Å². The van der Waals surface area contributed by atoms with Crippen molar-refractivity contribution in [1.29, 1.82) is 0 Å². The van der Waals surface area contributed by atoms with Gasteiger partial charge in [0.15, 0.2) is 5.70 Å². The third kappa shape index (κ3) is 2.64. The predicted molar refractivity (Wildman–Crippen MR) is 53.2 cm³/mol. The molecule has 0 amide bonds. The standard InChI is InChI=1S/C11H11NO/c1-9(12-2)8-10-4-6-11(13-3)7-5-10/h4-8H,1,3H3/b9-8-. The summed E-state index contributed by atoms with van der Waals surface area (Å²) in [6.07, 6.45) is 1.84. The van der Waals surface area contributed by atoms with Crippen molar-refractivity contribution in [1.82, 2.24) is 0 Å². The van der Waals surface area contributed by atoms with Gasteiger partial charge in [-0.1, -0.05) is 18.2 Å². The first kappa shape index (κ1) is 9.34. The van der Waals surface area contributed by atoms with E-state index in [1.807, 2.05) is 30.3 Å². The molecule has 0 radical (unpaired) electrons. The Labute approximate surface area is 78.3 Å². The number of allylic oxidation sites excluding steroid dienone is 1. The van der Waals surface area contributed by atoms with Gasteiger partial charge in [-0.2, -0.15) is 0 Å². The van der Waals surface area contributed by atoms with Gasteiger partial charge in [-0.3, -0.25) is 0 Å². The first-order valence-electron chi connectivity index (χ1n) is 3.96. The van der Waals surface area contributed by atoms with Gasteiger partial charge in [-0.15, -0.1) is 0 Å². The molecule has 0 heterocycles. The van der Waals surface area contributed by atoms with Crippen LogP contribution in [0.2, 0.25) is 0 Å². The van der Waals surface area contributed by atoms with Crippen molar-refractivity contribution >= 4 is 6.08 Å². The van der Waals surface area contributed by atoms with Gasteiger partial charge in [-0.05, 0) is 24.6 Å². The van der Waals surface area contributed by atoms with Gasteiger partial charge in [0.1, 0.15) is 5.75 Å². The SMILES string of the molecule is [C-]#[N+]/C(C)=C\c1ccc(OC)cc1. The molecule has 2 nitrogen and oxygen atoms in total. The minimum absolute atomic E-state index is 0.685. The number of nitrogens with zero attached hydrogens (tertiary/aromatic N) is 1. The zero-order chi connectivity index (χ0) is 9.68. The summed E-state index contributed by atoms with van der Waals surface area (Å²) in [7, 11) is 1.63. The van der Waals surface area contributed by atoms with Crippen LogP contribution in [0.15, 0.2) is 30.0 Å². The van der Waals surface area contributed by atoms with E-state index in [0.717, 1.165) is 11.3 Å². The Morgan fingerprint density at radius 2 is 2.00 bits per heavy atom. The van der Waals surface area contributed by atoms with Crippen LogP contribution >= 0.6 is 0 Å². The summed E-state index contributed by atoms with van der Waals surface area (Å²) in [5.74, 6) is 0.831. The molecule has 0 saturated carbocycles. The van der Waals surface area contributed by atoms with Crippen LogP contribution < -0.4 is 4.74 Å². The molecule has 66 valence electrons. The van der Waals surface area contributed by atoms with Gasteiger partial charge in [0.25, 0.3) is 0 Å². The molecule has 2 heteroatoms. The lowest BCUT2D eigenvalue weighted by atomic mass is 10.2. The molecule has 0 aromatic heterocycles. The Kier molecular flexibility index (Phi) is 3.10. The first-order valence-corrected chi connectivity index (χ1v) is 3.96. The number of hydrogen-bond donors (Lipinski definition) is 0. The lowest BCUT2D eigenvalue weighted by molar-refractivity contribution is 0.415. The van der Waals surface area contributed by atoms with Crippen LogP contribution in [0.5, 0.6) is 5.75 Å². The Morgan fingerprint density at radius 1 is 1.38 bits per heavy atom. The van der Waals surface area contributed by atoms with Crippen LogP contribution in [0.25, 0.3) is 10.9 Å². The molecule has 0 fully saturated rings. The second kappa shape index (κ2) is 4.32. The van der Waals surface area contributed by atoms with E-state index in [1.165, 1.54) is 0 Å². The maximum Gasteiger partial charge on any atom is 0.163 e. The minimum atomic E-state index is 0.685. The average Bonchev–Trinajstić information content (AvgIpc) is 2.19. The van der Waals surface area contributed by atoms with E-state index in [2.05, 4.69) is 4.85 Å². The largest absolute Gasteiger partial charge is 0.497 e. The van der Waals surface area contributed by atoms with Crippen molar-refractivity contribution in [2.45, 2.75) is 6.92 Å². The van der Waals surface area contributed by atoms with E-state index in [1.54, 1.807) is 14.0 Å². The van der Waals surface area contributed by atoms with Gasteiger partial charge in [0.05, 0.1) is 13.7 Å². The number of hydrogen-bond acceptors (Lipinski definition) is 1. The van der Waals surface area contributed by atoms with Crippen LogP contribution in [0.1, 0.15) is 12.5 Å².